The molecule has 0 saturated carbocycles. The Hall–Kier alpha value is -3.12. The molecule has 0 radical (unpaired) electrons. The average Bonchev–Trinajstić information content (AvgIpc) is 3.00. The van der Waals surface area contributed by atoms with Crippen LogP contribution in [0.1, 0.15) is 51.4 Å². The van der Waals surface area contributed by atoms with Gasteiger partial charge < -0.3 is 0 Å². The molecule has 1 fully saturated rings. The van der Waals surface area contributed by atoms with Crippen molar-refractivity contribution < 1.29 is 9.59 Å². The lowest BCUT2D eigenvalue weighted by Gasteiger charge is -2.27. The molecule has 2 aromatic carbocycles. The SMILES string of the molecule is O=C1c2ccccc2C(=O)N1Cc1nc2ccccc2nc1CN1CCCCC1. The van der Waals surface area contributed by atoms with Gasteiger partial charge in [-0.15, -0.1) is 0 Å². The number of benzene rings is 2. The molecule has 0 atom stereocenters. The molecule has 2 aliphatic heterocycles. The van der Waals surface area contributed by atoms with E-state index in [1.54, 1.807) is 24.3 Å². The zero-order valence-corrected chi connectivity index (χ0v) is 16.2. The summed E-state index contributed by atoms with van der Waals surface area (Å²) < 4.78 is 0. The van der Waals surface area contributed by atoms with Gasteiger partial charge in [0.2, 0.25) is 0 Å². The maximum Gasteiger partial charge on any atom is 0.261 e. The minimum Gasteiger partial charge on any atom is -0.297 e. The number of hydrogen-bond acceptors (Lipinski definition) is 5. The number of amides is 2. The lowest BCUT2D eigenvalue weighted by molar-refractivity contribution is 0.0639. The van der Waals surface area contributed by atoms with Crippen molar-refractivity contribution in [3.05, 3.63) is 71.0 Å². The van der Waals surface area contributed by atoms with Gasteiger partial charge in [0.05, 0.1) is 40.1 Å². The van der Waals surface area contributed by atoms with E-state index in [4.69, 9.17) is 9.97 Å². The van der Waals surface area contributed by atoms with E-state index in [0.29, 0.717) is 23.4 Å². The van der Waals surface area contributed by atoms with Crippen LogP contribution in [0.25, 0.3) is 11.0 Å². The van der Waals surface area contributed by atoms with E-state index in [-0.39, 0.29) is 18.4 Å². The van der Waals surface area contributed by atoms with Crippen LogP contribution in [0.2, 0.25) is 0 Å². The molecule has 2 amide bonds. The number of fused-ring (bicyclic) bond motifs is 2. The minimum atomic E-state index is -0.260. The number of carbonyl (C=O) groups is 2. The molecule has 6 nitrogen and oxygen atoms in total. The van der Waals surface area contributed by atoms with E-state index in [0.717, 1.165) is 29.8 Å². The molecule has 0 N–H and O–H groups in total. The minimum absolute atomic E-state index is 0.146. The Morgan fingerprint density at radius 2 is 1.21 bits per heavy atom. The van der Waals surface area contributed by atoms with Crippen molar-refractivity contribution in [2.45, 2.75) is 32.4 Å². The molecule has 146 valence electrons. The maximum absolute atomic E-state index is 12.8. The number of aromatic nitrogens is 2. The van der Waals surface area contributed by atoms with Crippen molar-refractivity contribution in [1.82, 2.24) is 19.8 Å². The summed E-state index contributed by atoms with van der Waals surface area (Å²) in [4.78, 5) is 39.0. The first-order valence-electron chi connectivity index (χ1n) is 10.1. The largest absolute Gasteiger partial charge is 0.297 e. The van der Waals surface area contributed by atoms with Crippen molar-refractivity contribution in [2.24, 2.45) is 0 Å². The molecule has 2 aliphatic rings. The highest BCUT2D eigenvalue weighted by Crippen LogP contribution is 2.26. The first-order chi connectivity index (χ1) is 14.2. The van der Waals surface area contributed by atoms with Crippen molar-refractivity contribution in [3.8, 4) is 0 Å². The standard InChI is InChI=1S/C23H22N4O2/c28-22-16-8-2-3-9-17(16)23(29)27(22)15-21-20(14-26-12-6-1-7-13-26)24-18-10-4-5-11-19(18)25-21/h2-5,8-11H,1,6-7,12-15H2. The van der Waals surface area contributed by atoms with E-state index in [1.165, 1.54) is 24.2 Å². The second-order valence-corrected chi connectivity index (χ2v) is 7.68. The van der Waals surface area contributed by atoms with Crippen LogP contribution in [0.3, 0.4) is 0 Å². The summed E-state index contributed by atoms with van der Waals surface area (Å²) in [7, 11) is 0. The molecule has 0 spiro atoms. The van der Waals surface area contributed by atoms with E-state index in [1.807, 2.05) is 24.3 Å². The Bertz CT molecular complexity index is 1070. The number of rotatable bonds is 4. The fourth-order valence-corrected chi connectivity index (χ4v) is 4.19. The number of para-hydroxylation sites is 2. The molecule has 29 heavy (non-hydrogen) atoms. The van der Waals surface area contributed by atoms with Gasteiger partial charge in [0.15, 0.2) is 0 Å². The number of imide groups is 1. The average molecular weight is 386 g/mol. The third-order valence-corrected chi connectivity index (χ3v) is 5.73. The van der Waals surface area contributed by atoms with Gasteiger partial charge in [0, 0.05) is 6.54 Å². The highest BCUT2D eigenvalue weighted by molar-refractivity contribution is 6.21. The molecule has 0 unspecified atom stereocenters. The van der Waals surface area contributed by atoms with Gasteiger partial charge in [-0.2, -0.15) is 0 Å². The van der Waals surface area contributed by atoms with E-state index in [2.05, 4.69) is 4.90 Å². The van der Waals surface area contributed by atoms with E-state index >= 15 is 0 Å². The van der Waals surface area contributed by atoms with Gasteiger partial charge in [-0.25, -0.2) is 9.97 Å². The van der Waals surface area contributed by atoms with Gasteiger partial charge >= 0.3 is 0 Å². The summed E-state index contributed by atoms with van der Waals surface area (Å²) in [6.07, 6.45) is 3.64. The monoisotopic (exact) mass is 386 g/mol. The van der Waals surface area contributed by atoms with Gasteiger partial charge in [-0.05, 0) is 50.2 Å². The Labute approximate surface area is 169 Å². The molecule has 3 aromatic rings. The predicted molar refractivity (Wildman–Crippen MR) is 109 cm³/mol. The van der Waals surface area contributed by atoms with Gasteiger partial charge in [0.25, 0.3) is 11.8 Å². The summed E-state index contributed by atoms with van der Waals surface area (Å²) in [5, 5.41) is 0. The number of hydrogen-bond donors (Lipinski definition) is 0. The molecule has 5 rings (SSSR count). The summed E-state index contributed by atoms with van der Waals surface area (Å²) in [5.41, 5.74) is 4.09. The third-order valence-electron chi connectivity index (χ3n) is 5.73. The molecule has 1 saturated heterocycles. The molecular weight excluding hydrogens is 364 g/mol. The third kappa shape index (κ3) is 3.29. The Morgan fingerprint density at radius 3 is 1.79 bits per heavy atom. The lowest BCUT2D eigenvalue weighted by atomic mass is 10.1. The summed E-state index contributed by atoms with van der Waals surface area (Å²) in [6, 6.07) is 14.7. The van der Waals surface area contributed by atoms with Crippen LogP contribution in [0.4, 0.5) is 0 Å². The van der Waals surface area contributed by atoms with Crippen molar-refractivity contribution in [3.63, 3.8) is 0 Å². The van der Waals surface area contributed by atoms with Gasteiger partial charge in [0.1, 0.15) is 0 Å². The van der Waals surface area contributed by atoms with Crippen LogP contribution < -0.4 is 0 Å². The normalized spacial score (nSPS) is 17.2. The smallest absolute Gasteiger partial charge is 0.261 e. The van der Waals surface area contributed by atoms with Crippen LogP contribution in [-0.4, -0.2) is 44.7 Å². The Morgan fingerprint density at radius 1 is 0.690 bits per heavy atom. The van der Waals surface area contributed by atoms with Crippen LogP contribution >= 0.6 is 0 Å². The number of piperidine rings is 1. The molecular formula is C23H22N4O2. The number of likely N-dealkylation sites (tertiary alicyclic amines) is 1. The summed E-state index contributed by atoms with van der Waals surface area (Å²) in [5.74, 6) is -0.519. The summed E-state index contributed by atoms with van der Waals surface area (Å²) in [6.45, 7) is 2.92. The first kappa shape index (κ1) is 17.9. The maximum atomic E-state index is 12.8. The van der Waals surface area contributed by atoms with Crippen LogP contribution in [0, 0.1) is 0 Å². The molecule has 0 aliphatic carbocycles. The van der Waals surface area contributed by atoms with Crippen LogP contribution in [0.5, 0.6) is 0 Å². The quantitative estimate of drug-likeness (QED) is 0.643. The molecule has 0 bridgehead atoms. The van der Waals surface area contributed by atoms with Crippen LogP contribution in [0.15, 0.2) is 48.5 Å². The predicted octanol–water partition coefficient (Wildman–Crippen LogP) is 3.41. The topological polar surface area (TPSA) is 66.4 Å². The van der Waals surface area contributed by atoms with Crippen molar-refractivity contribution in [2.75, 3.05) is 13.1 Å². The van der Waals surface area contributed by atoms with E-state index < -0.39 is 0 Å². The zero-order chi connectivity index (χ0) is 19.8. The Balaban J connectivity index is 1.51. The van der Waals surface area contributed by atoms with Crippen molar-refractivity contribution >= 4 is 22.8 Å². The fraction of sp³-hybridized carbons (Fsp3) is 0.304. The molecule has 3 heterocycles. The second-order valence-electron chi connectivity index (χ2n) is 7.68. The first-order valence-corrected chi connectivity index (χ1v) is 10.1. The lowest BCUT2D eigenvalue weighted by Crippen LogP contribution is -2.33. The van der Waals surface area contributed by atoms with E-state index in [9.17, 15) is 9.59 Å². The highest BCUT2D eigenvalue weighted by atomic mass is 16.2. The fourth-order valence-electron chi connectivity index (χ4n) is 4.19. The summed E-state index contributed by atoms with van der Waals surface area (Å²) >= 11 is 0. The second kappa shape index (κ2) is 7.37. The highest BCUT2D eigenvalue weighted by Gasteiger charge is 2.36. The number of carbonyl (C=O) groups excluding carboxylic acids is 2. The number of nitrogens with zero attached hydrogens (tertiary/aromatic N) is 4. The molecule has 1 aromatic heterocycles. The zero-order valence-electron chi connectivity index (χ0n) is 16.2. The van der Waals surface area contributed by atoms with Gasteiger partial charge in [-0.3, -0.25) is 19.4 Å². The van der Waals surface area contributed by atoms with Crippen LogP contribution in [-0.2, 0) is 13.1 Å². The molecule has 6 heteroatoms. The Kier molecular flexibility index (Phi) is 4.56. The van der Waals surface area contributed by atoms with Crippen molar-refractivity contribution in [1.29, 1.82) is 0 Å². The van der Waals surface area contributed by atoms with Gasteiger partial charge in [-0.1, -0.05) is 30.7 Å².